The molecule has 1 N–H and O–H groups in total. The molecule has 14 nitrogen and oxygen atoms in total. The normalized spacial score (nSPS) is 40.4. The highest BCUT2D eigenvalue weighted by atomic mass is 16.7. The number of hydrogen-bond acceptors (Lipinski definition) is 14. The highest BCUT2D eigenvalue weighted by Gasteiger charge is 2.68. The standard InChI is InChI=1S/C34H44O14/c1-16(35)45-26-27(46-17(2)36)29(47-18(3)37)31(48-28(26)30(41)43-6)44-15-24(40)34(42)12-10-22-21-8-7-19-13-20(38)9-11-32(19,4)25(21)23(39)14-33(22,34)5/h13,21-22,25-29,31,42H,7-12,14-15H2,1-6H3/t21?,22?,25?,26-,27-,28-,29+,31+,32?,33?,34-/m0/s1. The van der Waals surface area contributed by atoms with Crippen LogP contribution in [-0.4, -0.2) is 96.4 Å². The van der Waals surface area contributed by atoms with Crippen molar-refractivity contribution < 1.29 is 67.1 Å². The molecule has 0 amide bonds. The third-order valence-corrected chi connectivity index (χ3v) is 11.5. The van der Waals surface area contributed by atoms with Gasteiger partial charge in [0.15, 0.2) is 42.3 Å². The van der Waals surface area contributed by atoms with Gasteiger partial charge in [-0.1, -0.05) is 19.4 Å². The lowest BCUT2D eigenvalue weighted by molar-refractivity contribution is -0.300. The zero-order valence-electron chi connectivity index (χ0n) is 28.1. The van der Waals surface area contributed by atoms with Crippen molar-refractivity contribution in [2.45, 2.75) is 116 Å². The molecule has 264 valence electrons. The van der Waals surface area contributed by atoms with Gasteiger partial charge in [-0.15, -0.1) is 0 Å². The maximum absolute atomic E-state index is 14.0. The Labute approximate surface area is 278 Å². The molecule has 0 spiro atoms. The van der Waals surface area contributed by atoms with Gasteiger partial charge in [0.05, 0.1) is 7.11 Å². The van der Waals surface area contributed by atoms with E-state index in [2.05, 4.69) is 6.92 Å². The van der Waals surface area contributed by atoms with E-state index >= 15 is 0 Å². The van der Waals surface area contributed by atoms with Gasteiger partial charge < -0.3 is 33.5 Å². The molecule has 5 unspecified atom stereocenters. The van der Waals surface area contributed by atoms with Gasteiger partial charge in [0, 0.05) is 44.9 Å². The van der Waals surface area contributed by atoms with Gasteiger partial charge in [-0.25, -0.2) is 4.79 Å². The molecule has 48 heavy (non-hydrogen) atoms. The summed E-state index contributed by atoms with van der Waals surface area (Å²) in [6.07, 6.45) is -3.64. The minimum absolute atomic E-state index is 0.0309. The van der Waals surface area contributed by atoms with E-state index in [1.165, 1.54) is 0 Å². The van der Waals surface area contributed by atoms with Crippen LogP contribution in [0.5, 0.6) is 0 Å². The Morgan fingerprint density at radius 1 is 0.896 bits per heavy atom. The van der Waals surface area contributed by atoms with Crippen LogP contribution in [0.3, 0.4) is 0 Å². The molecular weight excluding hydrogens is 632 g/mol. The van der Waals surface area contributed by atoms with E-state index in [9.17, 15) is 38.7 Å². The second-order valence-electron chi connectivity index (χ2n) is 14.2. The summed E-state index contributed by atoms with van der Waals surface area (Å²) < 4.78 is 32.3. The van der Waals surface area contributed by atoms with Gasteiger partial charge in [0.25, 0.3) is 0 Å². The lowest BCUT2D eigenvalue weighted by atomic mass is 9.46. The van der Waals surface area contributed by atoms with Crippen LogP contribution in [0.15, 0.2) is 11.6 Å². The molecular formula is C34H44O14. The number of ether oxygens (including phenoxy) is 6. The lowest BCUT2D eigenvalue weighted by Gasteiger charge is -2.57. The maximum Gasteiger partial charge on any atom is 0.339 e. The molecule has 5 aliphatic rings. The predicted octanol–water partition coefficient (Wildman–Crippen LogP) is 1.71. The predicted molar refractivity (Wildman–Crippen MR) is 160 cm³/mol. The van der Waals surface area contributed by atoms with Gasteiger partial charge in [-0.2, -0.15) is 0 Å². The number of ketones is 3. The summed E-state index contributed by atoms with van der Waals surface area (Å²) in [6, 6.07) is 0. The van der Waals surface area contributed by atoms with E-state index in [0.717, 1.165) is 33.5 Å². The number of hydrogen-bond donors (Lipinski definition) is 1. The summed E-state index contributed by atoms with van der Waals surface area (Å²) in [7, 11) is 1.05. The van der Waals surface area contributed by atoms with Crippen molar-refractivity contribution >= 4 is 41.2 Å². The molecule has 0 aromatic rings. The van der Waals surface area contributed by atoms with Crippen LogP contribution in [-0.2, 0) is 62.0 Å². The van der Waals surface area contributed by atoms with Crippen molar-refractivity contribution in [2.75, 3.05) is 13.7 Å². The molecule has 3 saturated carbocycles. The number of aliphatic hydroxyl groups is 1. The molecule has 0 radical (unpaired) electrons. The summed E-state index contributed by atoms with van der Waals surface area (Å²) in [5.74, 6) is -4.85. The minimum atomic E-state index is -1.96. The summed E-state index contributed by atoms with van der Waals surface area (Å²) in [6.45, 7) is 6.21. The van der Waals surface area contributed by atoms with E-state index in [1.807, 2.05) is 0 Å². The molecule has 11 atom stereocenters. The Morgan fingerprint density at radius 3 is 2.15 bits per heavy atom. The third-order valence-electron chi connectivity index (χ3n) is 11.5. The molecule has 5 rings (SSSR count). The Bertz CT molecular complexity index is 1430. The summed E-state index contributed by atoms with van der Waals surface area (Å²) in [5, 5.41) is 12.1. The van der Waals surface area contributed by atoms with Gasteiger partial charge in [-0.05, 0) is 55.4 Å². The van der Waals surface area contributed by atoms with Gasteiger partial charge >= 0.3 is 23.9 Å². The van der Waals surface area contributed by atoms with Crippen molar-refractivity contribution in [3.8, 4) is 0 Å². The van der Waals surface area contributed by atoms with E-state index < -0.39 is 83.4 Å². The van der Waals surface area contributed by atoms with Crippen molar-refractivity contribution in [3.05, 3.63) is 11.6 Å². The number of carbonyl (C=O) groups is 7. The van der Waals surface area contributed by atoms with Crippen LogP contribution in [0, 0.1) is 28.6 Å². The molecule has 1 heterocycles. The number of esters is 4. The smallest absolute Gasteiger partial charge is 0.339 e. The van der Waals surface area contributed by atoms with E-state index in [-0.39, 0.29) is 42.2 Å². The Hall–Kier alpha value is -3.49. The van der Waals surface area contributed by atoms with Crippen molar-refractivity contribution in [3.63, 3.8) is 0 Å². The fourth-order valence-electron chi connectivity index (χ4n) is 9.34. The first-order valence-electron chi connectivity index (χ1n) is 16.4. The first-order chi connectivity index (χ1) is 22.5. The molecule has 0 aromatic heterocycles. The fraction of sp³-hybridized carbons (Fsp3) is 0.735. The maximum atomic E-state index is 14.0. The first kappa shape index (κ1) is 35.8. The number of Topliss-reactive ketones (excluding diaryl/α,β-unsaturated/α-hetero) is 2. The molecule has 14 heteroatoms. The van der Waals surface area contributed by atoms with Gasteiger partial charge in [-0.3, -0.25) is 28.8 Å². The average molecular weight is 677 g/mol. The number of fused-ring (bicyclic) bond motifs is 5. The second kappa shape index (κ2) is 13.1. The van der Waals surface area contributed by atoms with Crippen molar-refractivity contribution in [1.82, 2.24) is 0 Å². The minimum Gasteiger partial charge on any atom is -0.467 e. The fourth-order valence-corrected chi connectivity index (χ4v) is 9.34. The molecule has 4 fully saturated rings. The average Bonchev–Trinajstić information content (AvgIpc) is 3.27. The number of allylic oxidation sites excluding steroid dienone is 1. The molecule has 1 aliphatic heterocycles. The summed E-state index contributed by atoms with van der Waals surface area (Å²) in [4.78, 5) is 89.1. The van der Waals surface area contributed by atoms with Crippen molar-refractivity contribution in [2.24, 2.45) is 28.6 Å². The molecule has 0 aromatic carbocycles. The molecule has 1 saturated heterocycles. The van der Waals surface area contributed by atoms with Crippen LogP contribution < -0.4 is 0 Å². The third kappa shape index (κ3) is 6.00. The zero-order valence-corrected chi connectivity index (χ0v) is 28.1. The van der Waals surface area contributed by atoms with Crippen LogP contribution in [0.2, 0.25) is 0 Å². The largest absolute Gasteiger partial charge is 0.467 e. The zero-order chi connectivity index (χ0) is 35.3. The van der Waals surface area contributed by atoms with Crippen LogP contribution in [0.1, 0.15) is 79.6 Å². The van der Waals surface area contributed by atoms with E-state index in [4.69, 9.17) is 28.4 Å². The van der Waals surface area contributed by atoms with Gasteiger partial charge in [0.1, 0.15) is 18.0 Å². The SMILES string of the molecule is COC(=O)[C@H]1O[C@@H](OCC(=O)[C@@]2(O)CCC3C4CCC5=CC(=O)CCC5(C)C4C(=O)CC32C)[C@H](OC(C)=O)[C@@H](OC(C)=O)[C@@H]1OC(C)=O. The second-order valence-corrected chi connectivity index (χ2v) is 14.2. The number of rotatable bonds is 8. The Balaban J connectivity index is 1.39. The highest BCUT2D eigenvalue weighted by molar-refractivity contribution is 5.94. The van der Waals surface area contributed by atoms with Crippen molar-refractivity contribution in [1.29, 1.82) is 0 Å². The first-order valence-corrected chi connectivity index (χ1v) is 16.4. The summed E-state index contributed by atoms with van der Waals surface area (Å²) in [5.41, 5.74) is -2.49. The number of methoxy groups -OCH3 is 1. The van der Waals surface area contributed by atoms with Crippen LogP contribution in [0.4, 0.5) is 0 Å². The molecule has 0 bridgehead atoms. The topological polar surface area (TPSA) is 195 Å². The van der Waals surface area contributed by atoms with Gasteiger partial charge in [0.2, 0.25) is 0 Å². The van der Waals surface area contributed by atoms with E-state index in [0.29, 0.717) is 32.1 Å². The van der Waals surface area contributed by atoms with Crippen LogP contribution in [0.25, 0.3) is 0 Å². The highest BCUT2D eigenvalue weighted by Crippen LogP contribution is 2.66. The monoisotopic (exact) mass is 676 g/mol. The Morgan fingerprint density at radius 2 is 1.52 bits per heavy atom. The summed E-state index contributed by atoms with van der Waals surface area (Å²) >= 11 is 0. The number of carbonyl (C=O) groups excluding carboxylic acids is 7. The Kier molecular flexibility index (Phi) is 9.76. The molecule has 4 aliphatic carbocycles. The van der Waals surface area contributed by atoms with E-state index in [1.54, 1.807) is 13.0 Å². The quantitative estimate of drug-likeness (QED) is 0.288. The lowest BCUT2D eigenvalue weighted by Crippen LogP contribution is -2.64. The van der Waals surface area contributed by atoms with Crippen LogP contribution >= 0.6 is 0 Å².